The highest BCUT2D eigenvalue weighted by atomic mass is 16.5. The Bertz CT molecular complexity index is 960. The van der Waals surface area contributed by atoms with E-state index >= 15 is 0 Å². The van der Waals surface area contributed by atoms with Gasteiger partial charge in [-0.3, -0.25) is 4.79 Å². The van der Waals surface area contributed by atoms with Gasteiger partial charge in [0.2, 0.25) is 5.96 Å². The van der Waals surface area contributed by atoms with Crippen molar-refractivity contribution >= 4 is 29.7 Å². The molecule has 162 valence electrons. The third kappa shape index (κ3) is 3.16. The molecule has 2 unspecified atom stereocenters. The first-order valence-electron chi connectivity index (χ1n) is 11.1. The number of anilines is 2. The van der Waals surface area contributed by atoms with Crippen molar-refractivity contribution in [1.82, 2.24) is 20.4 Å². The first-order chi connectivity index (χ1) is 15.2. The third-order valence-corrected chi connectivity index (χ3v) is 6.92. The maximum atomic E-state index is 12.5. The lowest BCUT2D eigenvalue weighted by Gasteiger charge is -2.48. The summed E-state index contributed by atoms with van der Waals surface area (Å²) in [7, 11) is 0. The van der Waals surface area contributed by atoms with Gasteiger partial charge in [-0.05, 0) is 31.1 Å². The number of hydrogen-bond acceptors (Lipinski definition) is 9. The molecule has 0 aromatic carbocycles. The molecule has 4 aliphatic heterocycles. The minimum atomic E-state index is -0.139. The van der Waals surface area contributed by atoms with Crippen LogP contribution in [-0.2, 0) is 9.53 Å². The zero-order valence-corrected chi connectivity index (χ0v) is 17.3. The van der Waals surface area contributed by atoms with E-state index in [1.165, 1.54) is 12.8 Å². The molecule has 1 aromatic rings. The molecule has 5 aliphatic rings. The van der Waals surface area contributed by atoms with Gasteiger partial charge in [0.15, 0.2) is 11.6 Å². The summed E-state index contributed by atoms with van der Waals surface area (Å²) in [6, 6.07) is 3.85. The third-order valence-electron chi connectivity index (χ3n) is 6.92. The predicted octanol–water partition coefficient (Wildman–Crippen LogP) is 0.750. The van der Waals surface area contributed by atoms with E-state index in [0.29, 0.717) is 31.5 Å². The fourth-order valence-corrected chi connectivity index (χ4v) is 5.37. The number of morpholine rings is 1. The fraction of sp³-hybridized carbons (Fsp3) is 0.571. The zero-order chi connectivity index (χ0) is 20.8. The number of aromatic nitrogens is 2. The second-order valence-electron chi connectivity index (χ2n) is 8.76. The Balaban J connectivity index is 1.21. The summed E-state index contributed by atoms with van der Waals surface area (Å²) in [5.74, 6) is 1.95. The van der Waals surface area contributed by atoms with Crippen LogP contribution in [0.15, 0.2) is 33.9 Å². The molecule has 6 rings (SSSR count). The molecule has 1 spiro atoms. The number of nitrogens with zero attached hydrogens (tertiary/aromatic N) is 6. The van der Waals surface area contributed by atoms with Crippen molar-refractivity contribution in [2.75, 3.05) is 43.1 Å². The van der Waals surface area contributed by atoms with E-state index in [0.717, 1.165) is 37.4 Å². The molecule has 10 heteroatoms. The molecule has 5 heterocycles. The van der Waals surface area contributed by atoms with E-state index in [2.05, 4.69) is 35.6 Å². The van der Waals surface area contributed by atoms with Crippen LogP contribution in [0.2, 0.25) is 0 Å². The lowest BCUT2D eigenvalue weighted by molar-refractivity contribution is -0.123. The molecule has 0 radical (unpaired) electrons. The van der Waals surface area contributed by atoms with Gasteiger partial charge in [0, 0.05) is 25.8 Å². The summed E-state index contributed by atoms with van der Waals surface area (Å²) in [5, 5.41) is 14.9. The number of carbonyl (C=O) groups excluding carboxylic acids is 1. The van der Waals surface area contributed by atoms with Crippen LogP contribution in [-0.4, -0.2) is 77.7 Å². The van der Waals surface area contributed by atoms with Gasteiger partial charge in [-0.25, -0.2) is 9.98 Å². The van der Waals surface area contributed by atoms with Crippen molar-refractivity contribution in [3.05, 3.63) is 23.9 Å². The fourth-order valence-electron chi connectivity index (χ4n) is 5.37. The number of fused-ring (bicyclic) bond motifs is 4. The lowest BCUT2D eigenvalue weighted by atomic mass is 9.91. The van der Waals surface area contributed by atoms with E-state index in [9.17, 15) is 4.79 Å². The molecular weight excluding hydrogens is 396 g/mol. The van der Waals surface area contributed by atoms with Gasteiger partial charge in [-0.15, -0.1) is 10.2 Å². The molecule has 31 heavy (non-hydrogen) atoms. The van der Waals surface area contributed by atoms with Crippen LogP contribution in [0.25, 0.3) is 0 Å². The number of ether oxygens (including phenoxy) is 1. The zero-order valence-electron chi connectivity index (χ0n) is 17.3. The topological polar surface area (TPSA) is 107 Å². The van der Waals surface area contributed by atoms with Crippen LogP contribution < -0.4 is 15.5 Å². The Labute approximate surface area is 180 Å². The van der Waals surface area contributed by atoms with Crippen LogP contribution in [0.1, 0.15) is 25.7 Å². The Morgan fingerprint density at radius 1 is 1.16 bits per heavy atom. The highest BCUT2D eigenvalue weighted by molar-refractivity contribution is 6.01. The largest absolute Gasteiger partial charge is 0.378 e. The van der Waals surface area contributed by atoms with Crippen molar-refractivity contribution in [3.63, 3.8) is 0 Å². The quantitative estimate of drug-likeness (QED) is 0.724. The van der Waals surface area contributed by atoms with Crippen LogP contribution in [0.3, 0.4) is 0 Å². The number of piperazine rings is 1. The Morgan fingerprint density at radius 3 is 2.77 bits per heavy atom. The van der Waals surface area contributed by atoms with Crippen molar-refractivity contribution in [2.45, 2.75) is 37.4 Å². The summed E-state index contributed by atoms with van der Waals surface area (Å²) in [4.78, 5) is 26.4. The van der Waals surface area contributed by atoms with Gasteiger partial charge in [0.25, 0.3) is 5.91 Å². The lowest BCUT2D eigenvalue weighted by Crippen LogP contribution is -2.62. The molecule has 0 bridgehead atoms. The number of hydrogen-bond donors (Lipinski definition) is 2. The van der Waals surface area contributed by atoms with Gasteiger partial charge >= 0.3 is 0 Å². The standard InChI is InChI=1S/C21H26N8O2/c30-19-15-11-14-12-22-20(25-18(14)29(15)21(13-23-19)5-1-2-6-21)24-16-3-4-17(27-26-16)28-7-9-31-10-8-28/h3-4,11-12,14,18H,1-2,5-10,13H2,(H,23,30)(H,24,25,26). The molecule has 2 atom stereocenters. The van der Waals surface area contributed by atoms with Gasteiger partial charge in [-0.1, -0.05) is 12.8 Å². The Hall–Kier alpha value is -3.01. The number of guanidine groups is 1. The highest BCUT2D eigenvalue weighted by Crippen LogP contribution is 2.45. The number of carbonyl (C=O) groups is 1. The van der Waals surface area contributed by atoms with Gasteiger partial charge in [0.05, 0.1) is 24.7 Å². The molecule has 10 nitrogen and oxygen atoms in total. The van der Waals surface area contributed by atoms with Gasteiger partial charge in [0.1, 0.15) is 11.9 Å². The average molecular weight is 422 g/mol. The second-order valence-corrected chi connectivity index (χ2v) is 8.76. The molecule has 2 N–H and O–H groups in total. The van der Waals surface area contributed by atoms with E-state index < -0.39 is 0 Å². The number of aliphatic imine (C=N–C) groups is 2. The van der Waals surface area contributed by atoms with Crippen molar-refractivity contribution in [1.29, 1.82) is 0 Å². The molecule has 2 saturated heterocycles. The van der Waals surface area contributed by atoms with E-state index in [4.69, 9.17) is 9.73 Å². The summed E-state index contributed by atoms with van der Waals surface area (Å²) in [6.45, 7) is 3.75. The summed E-state index contributed by atoms with van der Waals surface area (Å²) < 4.78 is 5.39. The monoisotopic (exact) mass is 422 g/mol. The van der Waals surface area contributed by atoms with Gasteiger partial charge < -0.3 is 25.2 Å². The van der Waals surface area contributed by atoms with E-state index in [-0.39, 0.29) is 23.5 Å². The molecule has 1 saturated carbocycles. The van der Waals surface area contributed by atoms with E-state index in [1.807, 2.05) is 24.4 Å². The predicted molar refractivity (Wildman–Crippen MR) is 116 cm³/mol. The molecule has 3 fully saturated rings. The number of nitrogens with one attached hydrogen (secondary N) is 2. The minimum absolute atomic E-state index is 0.00500. The maximum absolute atomic E-state index is 12.5. The van der Waals surface area contributed by atoms with Crippen LogP contribution in [0.4, 0.5) is 11.6 Å². The SMILES string of the molecule is O=C1NCC2(CCCC2)N2C1=CC1C=NC(Nc3ccc(N4CCOCC4)nn3)=NC12. The van der Waals surface area contributed by atoms with Crippen LogP contribution in [0, 0.1) is 5.92 Å². The number of rotatable bonds is 2. The maximum Gasteiger partial charge on any atom is 0.267 e. The molecule has 1 amide bonds. The summed E-state index contributed by atoms with van der Waals surface area (Å²) in [6.07, 6.45) is 8.29. The van der Waals surface area contributed by atoms with Crippen LogP contribution >= 0.6 is 0 Å². The Morgan fingerprint density at radius 2 is 2.00 bits per heavy atom. The minimum Gasteiger partial charge on any atom is -0.378 e. The first kappa shape index (κ1) is 18.7. The summed E-state index contributed by atoms with van der Waals surface area (Å²) >= 11 is 0. The van der Waals surface area contributed by atoms with Crippen molar-refractivity contribution < 1.29 is 9.53 Å². The number of amides is 1. The summed E-state index contributed by atoms with van der Waals surface area (Å²) in [5.41, 5.74) is 0.715. The smallest absolute Gasteiger partial charge is 0.267 e. The van der Waals surface area contributed by atoms with Crippen LogP contribution in [0.5, 0.6) is 0 Å². The first-order valence-corrected chi connectivity index (χ1v) is 11.1. The Kier molecular flexibility index (Phi) is 4.41. The van der Waals surface area contributed by atoms with Crippen molar-refractivity contribution in [2.24, 2.45) is 15.9 Å². The highest BCUT2D eigenvalue weighted by Gasteiger charge is 2.53. The van der Waals surface area contributed by atoms with Crippen molar-refractivity contribution in [3.8, 4) is 0 Å². The average Bonchev–Trinajstić information content (AvgIpc) is 3.43. The van der Waals surface area contributed by atoms with Gasteiger partial charge in [-0.2, -0.15) is 0 Å². The molecule has 1 aliphatic carbocycles. The van der Waals surface area contributed by atoms with E-state index in [1.54, 1.807) is 0 Å². The molecule has 1 aromatic heterocycles. The second kappa shape index (κ2) is 7.30. The molecular formula is C21H26N8O2. The normalized spacial score (nSPS) is 28.7.